The molecule has 90 valence electrons. The lowest BCUT2D eigenvalue weighted by atomic mass is 10.2. The minimum absolute atomic E-state index is 0.229. The van der Waals surface area contributed by atoms with Crippen LogP contribution in [-0.4, -0.2) is 36.5 Å². The van der Waals surface area contributed by atoms with E-state index in [1.54, 1.807) is 0 Å². The molecule has 4 heteroatoms. The van der Waals surface area contributed by atoms with Crippen molar-refractivity contribution >= 4 is 11.9 Å². The van der Waals surface area contributed by atoms with Crippen molar-refractivity contribution in [3.8, 4) is 0 Å². The molecule has 1 amide bonds. The molecule has 1 fully saturated rings. The van der Waals surface area contributed by atoms with Gasteiger partial charge in [-0.05, 0) is 19.3 Å². The quantitative estimate of drug-likeness (QED) is 0.405. The molecule has 0 spiro atoms. The van der Waals surface area contributed by atoms with E-state index in [1.807, 2.05) is 4.90 Å². The van der Waals surface area contributed by atoms with Crippen LogP contribution in [0, 0.1) is 0 Å². The summed E-state index contributed by atoms with van der Waals surface area (Å²) in [5, 5.41) is 0. The fraction of sp³-hybridized carbons (Fsp3) is 0.667. The van der Waals surface area contributed by atoms with E-state index in [-0.39, 0.29) is 5.91 Å². The third-order valence-corrected chi connectivity index (χ3v) is 2.65. The number of ether oxygens (including phenoxy) is 1. The van der Waals surface area contributed by atoms with Gasteiger partial charge in [0, 0.05) is 25.6 Å². The molecule has 0 radical (unpaired) electrons. The van der Waals surface area contributed by atoms with E-state index < -0.39 is 5.97 Å². The third-order valence-electron chi connectivity index (χ3n) is 2.65. The van der Waals surface area contributed by atoms with E-state index in [4.69, 9.17) is 4.74 Å². The van der Waals surface area contributed by atoms with Gasteiger partial charge in [-0.25, -0.2) is 4.79 Å². The highest BCUT2D eigenvalue weighted by Crippen LogP contribution is 2.11. The number of amides is 1. The smallest absolute Gasteiger partial charge is 0.330 e. The van der Waals surface area contributed by atoms with Gasteiger partial charge in [0.15, 0.2) is 0 Å². The second kappa shape index (κ2) is 7.04. The van der Waals surface area contributed by atoms with Crippen molar-refractivity contribution in [1.82, 2.24) is 4.90 Å². The van der Waals surface area contributed by atoms with Crippen molar-refractivity contribution in [3.05, 3.63) is 12.7 Å². The molecule has 0 aromatic rings. The highest BCUT2D eigenvalue weighted by molar-refractivity contribution is 5.81. The van der Waals surface area contributed by atoms with Crippen LogP contribution in [0.1, 0.15) is 32.1 Å². The number of nitrogens with zero attached hydrogens (tertiary/aromatic N) is 1. The Morgan fingerprint density at radius 3 is 3.00 bits per heavy atom. The highest BCUT2D eigenvalue weighted by Gasteiger charge is 2.15. The third kappa shape index (κ3) is 4.47. The number of hydrogen-bond donors (Lipinski definition) is 0. The molecule has 1 heterocycles. The Labute approximate surface area is 96.3 Å². The van der Waals surface area contributed by atoms with Gasteiger partial charge < -0.3 is 9.64 Å². The molecule has 0 bridgehead atoms. The van der Waals surface area contributed by atoms with Gasteiger partial charge in [0.25, 0.3) is 0 Å². The molecule has 0 atom stereocenters. The molecule has 16 heavy (non-hydrogen) atoms. The van der Waals surface area contributed by atoms with Gasteiger partial charge >= 0.3 is 5.97 Å². The molecule has 0 N–H and O–H groups in total. The van der Waals surface area contributed by atoms with Crippen LogP contribution in [0.25, 0.3) is 0 Å². The summed E-state index contributed by atoms with van der Waals surface area (Å²) in [5.41, 5.74) is 0. The minimum Gasteiger partial charge on any atom is -0.462 e. The van der Waals surface area contributed by atoms with Gasteiger partial charge in [0.1, 0.15) is 0 Å². The monoisotopic (exact) mass is 225 g/mol. The Kier molecular flexibility index (Phi) is 5.61. The zero-order chi connectivity index (χ0) is 11.8. The van der Waals surface area contributed by atoms with Crippen LogP contribution >= 0.6 is 0 Å². The van der Waals surface area contributed by atoms with Crippen molar-refractivity contribution in [2.24, 2.45) is 0 Å². The van der Waals surface area contributed by atoms with Gasteiger partial charge in [-0.15, -0.1) is 0 Å². The van der Waals surface area contributed by atoms with E-state index in [0.29, 0.717) is 26.0 Å². The Hall–Kier alpha value is -1.32. The van der Waals surface area contributed by atoms with Crippen LogP contribution in [0.5, 0.6) is 0 Å². The molecule has 4 nitrogen and oxygen atoms in total. The topological polar surface area (TPSA) is 46.6 Å². The molecule has 0 saturated carbocycles. The number of likely N-dealkylation sites (tertiary alicyclic amines) is 1. The van der Waals surface area contributed by atoms with E-state index >= 15 is 0 Å². The normalized spacial score (nSPS) is 16.8. The van der Waals surface area contributed by atoms with E-state index in [0.717, 1.165) is 31.9 Å². The van der Waals surface area contributed by atoms with Gasteiger partial charge in [-0.1, -0.05) is 13.0 Å². The molecule has 0 aromatic carbocycles. The highest BCUT2D eigenvalue weighted by atomic mass is 16.5. The first-order valence-corrected chi connectivity index (χ1v) is 5.81. The maximum absolute atomic E-state index is 11.6. The lowest BCUT2D eigenvalue weighted by Gasteiger charge is -2.20. The van der Waals surface area contributed by atoms with Crippen LogP contribution in [0.4, 0.5) is 0 Å². The summed E-state index contributed by atoms with van der Waals surface area (Å²) in [4.78, 5) is 24.2. The first-order valence-electron chi connectivity index (χ1n) is 5.81. The maximum atomic E-state index is 11.6. The lowest BCUT2D eigenvalue weighted by molar-refractivity contribution is -0.138. The standard InChI is InChI=1S/C12H19NO3/c1-2-12(15)16-10-6-9-13-8-5-3-4-7-11(13)14/h2H,1,3-10H2. The molecule has 1 saturated heterocycles. The molecule has 1 aliphatic heterocycles. The van der Waals surface area contributed by atoms with E-state index in [9.17, 15) is 9.59 Å². The van der Waals surface area contributed by atoms with E-state index in [2.05, 4.69) is 6.58 Å². The zero-order valence-electron chi connectivity index (χ0n) is 9.61. The molecule has 0 aliphatic carbocycles. The largest absolute Gasteiger partial charge is 0.462 e. The van der Waals surface area contributed by atoms with Gasteiger partial charge in [0.2, 0.25) is 5.91 Å². The number of esters is 1. The van der Waals surface area contributed by atoms with Crippen LogP contribution < -0.4 is 0 Å². The molecular formula is C12H19NO3. The number of rotatable bonds is 5. The number of carbonyl (C=O) groups excluding carboxylic acids is 2. The molecular weight excluding hydrogens is 206 g/mol. The van der Waals surface area contributed by atoms with Crippen LogP contribution in [-0.2, 0) is 14.3 Å². The summed E-state index contributed by atoms with van der Waals surface area (Å²) >= 11 is 0. The zero-order valence-corrected chi connectivity index (χ0v) is 9.61. The Morgan fingerprint density at radius 1 is 1.44 bits per heavy atom. The number of carbonyl (C=O) groups is 2. The predicted molar refractivity (Wildman–Crippen MR) is 60.8 cm³/mol. The second-order valence-corrected chi connectivity index (χ2v) is 3.92. The van der Waals surface area contributed by atoms with Crippen LogP contribution in [0.3, 0.4) is 0 Å². The molecule has 1 rings (SSSR count). The first-order chi connectivity index (χ1) is 7.74. The minimum atomic E-state index is -0.401. The molecule has 1 aliphatic rings. The summed E-state index contributed by atoms with van der Waals surface area (Å²) in [7, 11) is 0. The lowest BCUT2D eigenvalue weighted by Crippen LogP contribution is -2.31. The van der Waals surface area contributed by atoms with Crippen molar-refractivity contribution in [2.75, 3.05) is 19.7 Å². The summed E-state index contributed by atoms with van der Waals surface area (Å²) < 4.78 is 4.85. The van der Waals surface area contributed by atoms with Crippen LogP contribution in [0.15, 0.2) is 12.7 Å². The summed E-state index contributed by atoms with van der Waals surface area (Å²) in [5.74, 6) is -0.172. The fourth-order valence-electron chi connectivity index (χ4n) is 1.76. The Morgan fingerprint density at radius 2 is 2.25 bits per heavy atom. The Balaban J connectivity index is 2.17. The Bertz CT molecular complexity index is 263. The first kappa shape index (κ1) is 12.7. The van der Waals surface area contributed by atoms with Crippen molar-refractivity contribution in [1.29, 1.82) is 0 Å². The number of hydrogen-bond acceptors (Lipinski definition) is 3. The maximum Gasteiger partial charge on any atom is 0.330 e. The van der Waals surface area contributed by atoms with Crippen LogP contribution in [0.2, 0.25) is 0 Å². The summed E-state index contributed by atoms with van der Waals surface area (Å²) in [6, 6.07) is 0. The van der Waals surface area contributed by atoms with Gasteiger partial charge in [0.05, 0.1) is 6.61 Å². The fourth-order valence-corrected chi connectivity index (χ4v) is 1.76. The average molecular weight is 225 g/mol. The van der Waals surface area contributed by atoms with Crippen molar-refractivity contribution in [3.63, 3.8) is 0 Å². The van der Waals surface area contributed by atoms with Crippen molar-refractivity contribution in [2.45, 2.75) is 32.1 Å². The molecule has 0 unspecified atom stereocenters. The average Bonchev–Trinajstić information content (AvgIpc) is 2.49. The van der Waals surface area contributed by atoms with E-state index in [1.165, 1.54) is 0 Å². The van der Waals surface area contributed by atoms with Gasteiger partial charge in [-0.3, -0.25) is 4.79 Å². The summed E-state index contributed by atoms with van der Waals surface area (Å²) in [6.45, 7) is 5.20. The predicted octanol–water partition coefficient (Wildman–Crippen LogP) is 1.51. The van der Waals surface area contributed by atoms with Crippen molar-refractivity contribution < 1.29 is 14.3 Å². The summed E-state index contributed by atoms with van der Waals surface area (Å²) in [6.07, 6.45) is 5.72. The second-order valence-electron chi connectivity index (χ2n) is 3.92. The van der Waals surface area contributed by atoms with Gasteiger partial charge in [-0.2, -0.15) is 0 Å². The molecule has 0 aromatic heterocycles. The SMILES string of the molecule is C=CC(=O)OCCCN1CCCCCC1=O.